The molecule has 2 aromatic rings. The Labute approximate surface area is 166 Å². The Hall–Kier alpha value is -3.30. The van der Waals surface area contributed by atoms with Crippen LogP contribution in [0, 0.1) is 0 Å². The smallest absolute Gasteiger partial charge is 0.129 e. The van der Waals surface area contributed by atoms with Crippen molar-refractivity contribution in [2.75, 3.05) is 0 Å². The molecule has 5 N–H and O–H groups in total. The second kappa shape index (κ2) is 8.59. The number of hydrogen-bond acceptors (Lipinski definition) is 4. The van der Waals surface area contributed by atoms with E-state index >= 15 is 0 Å². The Morgan fingerprint density at radius 3 is 2.61 bits per heavy atom. The summed E-state index contributed by atoms with van der Waals surface area (Å²) in [7, 11) is 0. The molecule has 1 aromatic carbocycles. The van der Waals surface area contributed by atoms with Gasteiger partial charge in [-0.3, -0.25) is 4.98 Å². The monoisotopic (exact) mass is 373 g/mol. The number of aryl methyl sites for hydroxylation is 1. The number of nitrogens with two attached hydrogens (primary N) is 2. The van der Waals surface area contributed by atoms with E-state index in [0.29, 0.717) is 17.6 Å². The number of amidine groups is 1. The van der Waals surface area contributed by atoms with Crippen molar-refractivity contribution >= 4 is 22.9 Å². The molecule has 1 aromatic heterocycles. The van der Waals surface area contributed by atoms with Gasteiger partial charge in [-0.25, -0.2) is 4.99 Å². The van der Waals surface area contributed by atoms with Crippen LogP contribution in [-0.2, 0) is 6.42 Å². The van der Waals surface area contributed by atoms with Gasteiger partial charge in [0.15, 0.2) is 0 Å². The second-order valence-electron chi connectivity index (χ2n) is 6.93. The fourth-order valence-corrected chi connectivity index (χ4v) is 2.87. The minimum Gasteiger partial charge on any atom is -0.398 e. The van der Waals surface area contributed by atoms with Crippen LogP contribution in [0.1, 0.15) is 43.5 Å². The van der Waals surface area contributed by atoms with Crippen LogP contribution in [0.25, 0.3) is 11.4 Å². The van der Waals surface area contributed by atoms with Gasteiger partial charge in [0.05, 0.1) is 11.4 Å². The molecular formula is C23H27N5. The van der Waals surface area contributed by atoms with E-state index < -0.39 is 0 Å². The van der Waals surface area contributed by atoms with Crippen LogP contribution in [0.2, 0.25) is 0 Å². The van der Waals surface area contributed by atoms with Crippen molar-refractivity contribution in [1.29, 1.82) is 0 Å². The average Bonchev–Trinajstić information content (AvgIpc) is 3.55. The highest BCUT2D eigenvalue weighted by Crippen LogP contribution is 2.25. The van der Waals surface area contributed by atoms with Crippen molar-refractivity contribution < 1.29 is 0 Å². The second-order valence-corrected chi connectivity index (χ2v) is 6.93. The van der Waals surface area contributed by atoms with Gasteiger partial charge in [-0.05, 0) is 49.9 Å². The van der Waals surface area contributed by atoms with Gasteiger partial charge >= 0.3 is 0 Å². The quantitative estimate of drug-likeness (QED) is 0.390. The van der Waals surface area contributed by atoms with E-state index in [-0.39, 0.29) is 0 Å². The van der Waals surface area contributed by atoms with Gasteiger partial charge in [-0.15, -0.1) is 5.73 Å². The molecule has 0 unspecified atom stereocenters. The molecule has 0 bridgehead atoms. The first kappa shape index (κ1) is 19.5. The predicted molar refractivity (Wildman–Crippen MR) is 117 cm³/mol. The van der Waals surface area contributed by atoms with Gasteiger partial charge in [0.2, 0.25) is 0 Å². The van der Waals surface area contributed by atoms with Crippen molar-refractivity contribution in [3.63, 3.8) is 0 Å². The maximum absolute atomic E-state index is 6.39. The zero-order valence-electron chi connectivity index (χ0n) is 16.5. The number of rotatable bonds is 7. The SMILES string of the molecule is C=C=C(NC1CC1)c1ncc(C(N)=C(C)C(N)=Nc2ccccc2)cc1CC. The van der Waals surface area contributed by atoms with E-state index in [9.17, 15) is 0 Å². The minimum atomic E-state index is 0.396. The number of aromatic nitrogens is 1. The van der Waals surface area contributed by atoms with Crippen LogP contribution in [0.15, 0.2) is 65.5 Å². The summed E-state index contributed by atoms with van der Waals surface area (Å²) in [5.74, 6) is 0.396. The Morgan fingerprint density at radius 1 is 1.29 bits per heavy atom. The number of benzene rings is 1. The molecule has 1 aliphatic carbocycles. The molecule has 144 valence electrons. The molecule has 0 saturated heterocycles. The first-order valence-electron chi connectivity index (χ1n) is 9.55. The molecule has 0 radical (unpaired) electrons. The predicted octanol–water partition coefficient (Wildman–Crippen LogP) is 3.90. The van der Waals surface area contributed by atoms with Crippen LogP contribution in [0.5, 0.6) is 0 Å². The lowest BCUT2D eigenvalue weighted by Gasteiger charge is -2.14. The van der Waals surface area contributed by atoms with E-state index in [2.05, 4.69) is 40.6 Å². The molecule has 1 heterocycles. The van der Waals surface area contributed by atoms with Crippen LogP contribution in [0.3, 0.4) is 0 Å². The lowest BCUT2D eigenvalue weighted by Crippen LogP contribution is -2.18. The summed E-state index contributed by atoms with van der Waals surface area (Å²) < 4.78 is 0. The molecule has 0 spiro atoms. The zero-order valence-corrected chi connectivity index (χ0v) is 16.5. The van der Waals surface area contributed by atoms with Gasteiger partial charge in [-0.2, -0.15) is 0 Å². The van der Waals surface area contributed by atoms with Crippen LogP contribution < -0.4 is 16.8 Å². The van der Waals surface area contributed by atoms with Crippen LogP contribution >= 0.6 is 0 Å². The third-order valence-corrected chi connectivity index (χ3v) is 4.79. The molecule has 0 aliphatic heterocycles. The fourth-order valence-electron chi connectivity index (χ4n) is 2.87. The molecule has 3 rings (SSSR count). The van der Waals surface area contributed by atoms with Gasteiger partial charge in [0.1, 0.15) is 11.5 Å². The summed E-state index contributed by atoms with van der Waals surface area (Å²) in [6.45, 7) is 7.78. The number of pyridine rings is 1. The van der Waals surface area contributed by atoms with Crippen LogP contribution in [0.4, 0.5) is 5.69 Å². The topological polar surface area (TPSA) is 89.3 Å². The molecule has 5 heteroatoms. The molecule has 5 nitrogen and oxygen atoms in total. The first-order valence-corrected chi connectivity index (χ1v) is 9.55. The van der Waals surface area contributed by atoms with E-state index in [1.807, 2.05) is 37.3 Å². The first-order chi connectivity index (χ1) is 13.5. The van der Waals surface area contributed by atoms with Crippen molar-refractivity contribution in [3.8, 4) is 0 Å². The Bertz CT molecular complexity index is 962. The summed E-state index contributed by atoms with van der Waals surface area (Å²) in [6, 6.07) is 12.2. The minimum absolute atomic E-state index is 0.396. The van der Waals surface area contributed by atoms with Crippen molar-refractivity contribution in [2.24, 2.45) is 16.5 Å². The Kier molecular flexibility index (Phi) is 5.97. The summed E-state index contributed by atoms with van der Waals surface area (Å²) in [4.78, 5) is 9.10. The highest BCUT2D eigenvalue weighted by Gasteiger charge is 2.23. The lowest BCUT2D eigenvalue weighted by atomic mass is 10.0. The van der Waals surface area contributed by atoms with Crippen molar-refractivity contribution in [1.82, 2.24) is 10.3 Å². The number of nitrogens with one attached hydrogen (secondary N) is 1. The van der Waals surface area contributed by atoms with Gasteiger partial charge in [-0.1, -0.05) is 31.7 Å². The largest absolute Gasteiger partial charge is 0.398 e. The van der Waals surface area contributed by atoms with Crippen LogP contribution in [-0.4, -0.2) is 16.9 Å². The van der Waals surface area contributed by atoms with Gasteiger partial charge < -0.3 is 16.8 Å². The third-order valence-electron chi connectivity index (χ3n) is 4.79. The summed E-state index contributed by atoms with van der Waals surface area (Å²) in [5, 5.41) is 3.45. The average molecular weight is 374 g/mol. The maximum Gasteiger partial charge on any atom is 0.129 e. The fraction of sp³-hybridized carbons (Fsp3) is 0.261. The van der Waals surface area contributed by atoms with E-state index in [1.54, 1.807) is 6.20 Å². The number of nitrogens with zero attached hydrogens (tertiary/aromatic N) is 2. The highest BCUT2D eigenvalue weighted by atomic mass is 15.0. The maximum atomic E-state index is 6.39. The van der Waals surface area contributed by atoms with Crippen molar-refractivity contribution in [3.05, 3.63) is 77.3 Å². The number of aliphatic imine (C=N–C) groups is 1. The van der Waals surface area contributed by atoms with E-state index in [1.165, 1.54) is 12.8 Å². The van der Waals surface area contributed by atoms with E-state index in [4.69, 9.17) is 11.5 Å². The Balaban J connectivity index is 1.92. The molecule has 0 amide bonds. The number of hydrogen-bond donors (Lipinski definition) is 3. The van der Waals surface area contributed by atoms with Gasteiger partial charge in [0, 0.05) is 29.1 Å². The summed E-state index contributed by atoms with van der Waals surface area (Å²) >= 11 is 0. The third kappa shape index (κ3) is 4.51. The lowest BCUT2D eigenvalue weighted by molar-refractivity contribution is 0.871. The normalized spacial score (nSPS) is 14.9. The molecule has 0 atom stereocenters. The van der Waals surface area contributed by atoms with Gasteiger partial charge in [0.25, 0.3) is 0 Å². The molecule has 1 saturated carbocycles. The zero-order chi connectivity index (χ0) is 20.1. The highest BCUT2D eigenvalue weighted by molar-refractivity contribution is 6.04. The summed E-state index contributed by atoms with van der Waals surface area (Å²) in [6.07, 6.45) is 4.96. The molecular weight excluding hydrogens is 346 g/mol. The molecule has 1 aliphatic rings. The van der Waals surface area contributed by atoms with Crippen molar-refractivity contribution in [2.45, 2.75) is 39.2 Å². The number of para-hydroxylation sites is 1. The molecule has 1 fully saturated rings. The molecule has 28 heavy (non-hydrogen) atoms. The standard InChI is InChI=1S/C23H27N5/c1-4-16-13-17(14-26-22(16)20(5-2)27-19-11-12-19)21(24)15(3)23(25)28-18-9-7-6-8-10-18/h6-10,13-14,19,27H,2,4,11-12,24H2,1,3H3,(H2,25,28). The van der Waals surface area contributed by atoms with E-state index in [0.717, 1.165) is 40.2 Å². The Morgan fingerprint density at radius 2 is 2.00 bits per heavy atom. The summed E-state index contributed by atoms with van der Waals surface area (Å²) in [5.41, 5.74) is 21.3.